The van der Waals surface area contributed by atoms with Gasteiger partial charge in [-0.25, -0.2) is 0 Å². The van der Waals surface area contributed by atoms with Crippen LogP contribution in [0.1, 0.15) is 18.4 Å². The molecule has 20 heavy (non-hydrogen) atoms. The van der Waals surface area contributed by atoms with E-state index < -0.39 is 6.61 Å². The second-order valence-corrected chi connectivity index (χ2v) is 6.00. The van der Waals surface area contributed by atoms with Crippen LogP contribution >= 0.6 is 15.9 Å². The quantitative estimate of drug-likeness (QED) is 0.883. The van der Waals surface area contributed by atoms with Crippen molar-refractivity contribution in [2.45, 2.75) is 32.0 Å². The number of benzene rings is 1. The van der Waals surface area contributed by atoms with Crippen molar-refractivity contribution in [1.29, 1.82) is 0 Å². The Hall–Kier alpha value is -0.720. The van der Waals surface area contributed by atoms with Crippen LogP contribution in [-0.2, 0) is 6.54 Å². The SMILES string of the molecule is CN1CCC(NCc2cc(Br)ccc2OC(F)F)CC1. The van der Waals surface area contributed by atoms with E-state index in [9.17, 15) is 8.78 Å². The molecular formula is C14H19BrF2N2O. The molecule has 1 heterocycles. The van der Waals surface area contributed by atoms with E-state index in [2.05, 4.69) is 37.9 Å². The summed E-state index contributed by atoms with van der Waals surface area (Å²) in [7, 11) is 2.11. The predicted octanol–water partition coefficient (Wildman–Crippen LogP) is 3.23. The molecule has 0 saturated carbocycles. The zero-order valence-corrected chi connectivity index (χ0v) is 13.0. The lowest BCUT2D eigenvalue weighted by atomic mass is 10.1. The first-order valence-corrected chi connectivity index (χ1v) is 7.49. The molecule has 1 aliphatic rings. The van der Waals surface area contributed by atoms with Gasteiger partial charge in [0.2, 0.25) is 0 Å². The molecule has 0 unspecified atom stereocenters. The minimum absolute atomic E-state index is 0.239. The summed E-state index contributed by atoms with van der Waals surface area (Å²) in [5, 5.41) is 3.43. The van der Waals surface area contributed by atoms with E-state index in [-0.39, 0.29) is 5.75 Å². The molecule has 0 spiro atoms. The molecule has 0 radical (unpaired) electrons. The Kier molecular flexibility index (Phi) is 5.74. The summed E-state index contributed by atoms with van der Waals surface area (Å²) < 4.78 is 30.2. The fourth-order valence-electron chi connectivity index (χ4n) is 2.36. The van der Waals surface area contributed by atoms with Crippen LogP contribution in [0.4, 0.5) is 8.78 Å². The molecule has 0 aromatic heterocycles. The Morgan fingerprint density at radius 3 is 2.75 bits per heavy atom. The van der Waals surface area contributed by atoms with Gasteiger partial charge < -0.3 is 15.0 Å². The third-order valence-corrected chi connectivity index (χ3v) is 4.03. The third kappa shape index (κ3) is 4.68. The predicted molar refractivity (Wildman–Crippen MR) is 78.1 cm³/mol. The number of piperidine rings is 1. The molecule has 2 rings (SSSR count). The Morgan fingerprint density at radius 1 is 1.40 bits per heavy atom. The second kappa shape index (κ2) is 7.33. The fraction of sp³-hybridized carbons (Fsp3) is 0.571. The van der Waals surface area contributed by atoms with Gasteiger partial charge in [-0.1, -0.05) is 15.9 Å². The highest BCUT2D eigenvalue weighted by Gasteiger charge is 2.17. The highest BCUT2D eigenvalue weighted by Crippen LogP contribution is 2.25. The molecule has 112 valence electrons. The fourth-order valence-corrected chi connectivity index (χ4v) is 2.77. The van der Waals surface area contributed by atoms with Gasteiger partial charge in [0, 0.05) is 22.6 Å². The maximum Gasteiger partial charge on any atom is 0.387 e. The number of hydrogen-bond acceptors (Lipinski definition) is 3. The van der Waals surface area contributed by atoms with E-state index in [1.54, 1.807) is 12.1 Å². The van der Waals surface area contributed by atoms with Crippen LogP contribution in [0.3, 0.4) is 0 Å². The molecule has 1 aliphatic heterocycles. The Morgan fingerprint density at radius 2 is 2.10 bits per heavy atom. The van der Waals surface area contributed by atoms with E-state index >= 15 is 0 Å². The van der Waals surface area contributed by atoms with Crippen LogP contribution in [-0.4, -0.2) is 37.7 Å². The molecule has 6 heteroatoms. The van der Waals surface area contributed by atoms with Crippen molar-refractivity contribution in [3.8, 4) is 5.75 Å². The minimum Gasteiger partial charge on any atom is -0.434 e. The van der Waals surface area contributed by atoms with Gasteiger partial charge in [-0.3, -0.25) is 0 Å². The average Bonchev–Trinajstić information content (AvgIpc) is 2.40. The van der Waals surface area contributed by atoms with Gasteiger partial charge in [-0.2, -0.15) is 8.78 Å². The Labute approximate surface area is 126 Å². The lowest BCUT2D eigenvalue weighted by Gasteiger charge is -2.29. The summed E-state index contributed by atoms with van der Waals surface area (Å²) >= 11 is 3.36. The largest absolute Gasteiger partial charge is 0.434 e. The van der Waals surface area contributed by atoms with E-state index in [0.29, 0.717) is 12.6 Å². The van der Waals surface area contributed by atoms with Gasteiger partial charge >= 0.3 is 6.61 Å². The molecule has 0 bridgehead atoms. The maximum absolute atomic E-state index is 12.4. The van der Waals surface area contributed by atoms with Crippen LogP contribution in [0.2, 0.25) is 0 Å². The molecule has 1 N–H and O–H groups in total. The van der Waals surface area contributed by atoms with Gasteiger partial charge in [0.25, 0.3) is 0 Å². The molecule has 3 nitrogen and oxygen atoms in total. The van der Waals surface area contributed by atoms with Gasteiger partial charge in [-0.15, -0.1) is 0 Å². The Balaban J connectivity index is 1.95. The van der Waals surface area contributed by atoms with Crippen LogP contribution in [0, 0.1) is 0 Å². The molecule has 1 aromatic rings. The van der Waals surface area contributed by atoms with Crippen molar-refractivity contribution in [2.24, 2.45) is 0 Å². The normalized spacial score (nSPS) is 17.6. The monoisotopic (exact) mass is 348 g/mol. The summed E-state index contributed by atoms with van der Waals surface area (Å²) in [6.07, 6.45) is 2.16. The van der Waals surface area contributed by atoms with Crippen molar-refractivity contribution in [2.75, 3.05) is 20.1 Å². The van der Waals surface area contributed by atoms with Crippen molar-refractivity contribution >= 4 is 15.9 Å². The van der Waals surface area contributed by atoms with E-state index in [0.717, 1.165) is 36.0 Å². The van der Waals surface area contributed by atoms with E-state index in [4.69, 9.17) is 0 Å². The number of halogens is 3. The molecule has 0 atom stereocenters. The van der Waals surface area contributed by atoms with Gasteiger partial charge in [0.15, 0.2) is 0 Å². The lowest BCUT2D eigenvalue weighted by molar-refractivity contribution is -0.0505. The Bertz CT molecular complexity index is 437. The van der Waals surface area contributed by atoms with Crippen LogP contribution in [0.25, 0.3) is 0 Å². The molecule has 0 aliphatic carbocycles. The standard InChI is InChI=1S/C14H19BrF2N2O/c1-19-6-4-12(5-7-19)18-9-10-8-11(15)2-3-13(10)20-14(16)17/h2-3,8,12,14,18H,4-7,9H2,1H3. The van der Waals surface area contributed by atoms with Crippen LogP contribution in [0.5, 0.6) is 5.75 Å². The van der Waals surface area contributed by atoms with Gasteiger partial charge in [0.05, 0.1) is 0 Å². The van der Waals surface area contributed by atoms with Crippen molar-refractivity contribution in [3.05, 3.63) is 28.2 Å². The molecule has 1 saturated heterocycles. The number of alkyl halides is 2. The second-order valence-electron chi connectivity index (χ2n) is 5.09. The third-order valence-electron chi connectivity index (χ3n) is 3.54. The average molecular weight is 349 g/mol. The maximum atomic E-state index is 12.4. The van der Waals surface area contributed by atoms with Gasteiger partial charge in [0.1, 0.15) is 5.75 Å². The first-order chi connectivity index (χ1) is 9.54. The molecular weight excluding hydrogens is 330 g/mol. The summed E-state index contributed by atoms with van der Waals surface area (Å²) in [4.78, 5) is 2.29. The van der Waals surface area contributed by atoms with Crippen molar-refractivity contribution < 1.29 is 13.5 Å². The summed E-state index contributed by atoms with van der Waals surface area (Å²) in [5.74, 6) is 0.239. The van der Waals surface area contributed by atoms with Crippen LogP contribution < -0.4 is 10.1 Å². The van der Waals surface area contributed by atoms with E-state index in [1.165, 1.54) is 0 Å². The molecule has 0 amide bonds. The molecule has 1 fully saturated rings. The number of nitrogens with zero attached hydrogens (tertiary/aromatic N) is 1. The smallest absolute Gasteiger partial charge is 0.387 e. The molecule has 1 aromatic carbocycles. The first kappa shape index (κ1) is 15.7. The minimum atomic E-state index is -2.79. The van der Waals surface area contributed by atoms with E-state index in [1.807, 2.05) is 6.07 Å². The van der Waals surface area contributed by atoms with Gasteiger partial charge in [-0.05, 0) is 51.2 Å². The van der Waals surface area contributed by atoms with Crippen molar-refractivity contribution in [1.82, 2.24) is 10.2 Å². The topological polar surface area (TPSA) is 24.5 Å². The zero-order chi connectivity index (χ0) is 14.5. The summed E-state index contributed by atoms with van der Waals surface area (Å²) in [6.45, 7) is -0.124. The number of nitrogens with one attached hydrogen (secondary N) is 1. The number of likely N-dealkylation sites (tertiary alicyclic amines) is 1. The highest BCUT2D eigenvalue weighted by atomic mass is 79.9. The van der Waals surface area contributed by atoms with Crippen molar-refractivity contribution in [3.63, 3.8) is 0 Å². The number of hydrogen-bond donors (Lipinski definition) is 1. The highest BCUT2D eigenvalue weighted by molar-refractivity contribution is 9.10. The zero-order valence-electron chi connectivity index (χ0n) is 11.4. The number of rotatable bonds is 5. The first-order valence-electron chi connectivity index (χ1n) is 6.70. The number of ether oxygens (including phenoxy) is 1. The van der Waals surface area contributed by atoms with Crippen LogP contribution in [0.15, 0.2) is 22.7 Å². The summed E-state index contributed by atoms with van der Waals surface area (Å²) in [6, 6.07) is 5.53. The summed E-state index contributed by atoms with van der Waals surface area (Å²) in [5.41, 5.74) is 0.749. The lowest BCUT2D eigenvalue weighted by Crippen LogP contribution is -2.40.